The van der Waals surface area contributed by atoms with Gasteiger partial charge in [-0.15, -0.1) is 0 Å². The van der Waals surface area contributed by atoms with Crippen molar-refractivity contribution >= 4 is 18.5 Å². The highest BCUT2D eigenvalue weighted by Gasteiger charge is 2.05. The van der Waals surface area contributed by atoms with E-state index >= 15 is 0 Å². The SMILES string of the molecule is C=C/C(=C\N=CC(O)OC)C(=O)COC=O.CC(C)C. The summed E-state index contributed by atoms with van der Waals surface area (Å²) in [6, 6.07) is 0. The van der Waals surface area contributed by atoms with Gasteiger partial charge in [0.05, 0.1) is 6.21 Å². The van der Waals surface area contributed by atoms with Crippen molar-refractivity contribution in [2.45, 2.75) is 27.1 Å². The van der Waals surface area contributed by atoms with Crippen molar-refractivity contribution in [1.82, 2.24) is 0 Å². The topological polar surface area (TPSA) is 85.2 Å². The molecule has 0 aliphatic rings. The fourth-order valence-corrected chi connectivity index (χ4v) is 0.689. The fourth-order valence-electron chi connectivity index (χ4n) is 0.689. The number of nitrogens with zero attached hydrogens (tertiary/aromatic N) is 1. The molecular formula is C14H23NO5. The van der Waals surface area contributed by atoms with E-state index in [-0.39, 0.29) is 18.7 Å². The second-order valence-corrected chi connectivity index (χ2v) is 4.28. The van der Waals surface area contributed by atoms with Gasteiger partial charge in [0.1, 0.15) is 0 Å². The molecule has 1 N–H and O–H groups in total. The average Bonchev–Trinajstić information content (AvgIpc) is 2.40. The number of aliphatic hydroxyl groups excluding tert-OH is 1. The summed E-state index contributed by atoms with van der Waals surface area (Å²) in [5.41, 5.74) is 0.168. The van der Waals surface area contributed by atoms with Gasteiger partial charge in [0.15, 0.2) is 12.9 Å². The Bertz CT molecular complexity index is 345. The van der Waals surface area contributed by atoms with Crippen molar-refractivity contribution in [1.29, 1.82) is 0 Å². The highest BCUT2D eigenvalue weighted by atomic mass is 16.6. The number of carbonyl (C=O) groups is 2. The van der Waals surface area contributed by atoms with Crippen molar-refractivity contribution in [3.63, 3.8) is 0 Å². The molecule has 0 aliphatic heterocycles. The van der Waals surface area contributed by atoms with Crippen LogP contribution in [-0.4, -0.2) is 43.6 Å². The minimum Gasteiger partial charge on any atom is -0.459 e. The number of carbonyl (C=O) groups excluding carboxylic acids is 2. The maximum Gasteiger partial charge on any atom is 0.293 e. The number of hydrogen-bond donors (Lipinski definition) is 1. The molecule has 6 heteroatoms. The van der Waals surface area contributed by atoms with Crippen LogP contribution in [0.4, 0.5) is 0 Å². The fraction of sp³-hybridized carbons (Fsp3) is 0.500. The number of aliphatic imine (C=N–C) groups is 1. The van der Waals surface area contributed by atoms with E-state index < -0.39 is 12.1 Å². The van der Waals surface area contributed by atoms with Gasteiger partial charge in [0.25, 0.3) is 6.47 Å². The van der Waals surface area contributed by atoms with Gasteiger partial charge in [-0.05, 0) is 5.92 Å². The third kappa shape index (κ3) is 14.3. The molecule has 0 aromatic heterocycles. The largest absolute Gasteiger partial charge is 0.459 e. The van der Waals surface area contributed by atoms with Gasteiger partial charge < -0.3 is 14.6 Å². The molecule has 0 rings (SSSR count). The van der Waals surface area contributed by atoms with E-state index in [1.165, 1.54) is 19.4 Å². The zero-order valence-corrected chi connectivity index (χ0v) is 12.4. The normalized spacial score (nSPS) is 12.6. The number of methoxy groups -OCH3 is 1. The first kappa shape index (κ1) is 20.5. The van der Waals surface area contributed by atoms with E-state index in [1.807, 2.05) is 0 Å². The lowest BCUT2D eigenvalue weighted by atomic mass is 10.2. The molecule has 0 aliphatic carbocycles. The minimum atomic E-state index is -1.14. The second-order valence-electron chi connectivity index (χ2n) is 4.28. The molecule has 0 bridgehead atoms. The van der Waals surface area contributed by atoms with Crippen LogP contribution in [0.3, 0.4) is 0 Å². The van der Waals surface area contributed by atoms with Crippen molar-refractivity contribution in [2.75, 3.05) is 13.7 Å². The minimum absolute atomic E-state index is 0.168. The predicted octanol–water partition coefficient (Wildman–Crippen LogP) is 1.50. The van der Waals surface area contributed by atoms with Crippen LogP contribution >= 0.6 is 0 Å². The van der Waals surface area contributed by atoms with Crippen LogP contribution in [0.15, 0.2) is 29.4 Å². The lowest BCUT2D eigenvalue weighted by Crippen LogP contribution is -2.11. The highest BCUT2D eigenvalue weighted by Crippen LogP contribution is 1.98. The van der Waals surface area contributed by atoms with E-state index in [2.05, 4.69) is 41.8 Å². The zero-order chi connectivity index (χ0) is 16.0. The summed E-state index contributed by atoms with van der Waals surface area (Å²) in [5, 5.41) is 8.94. The monoisotopic (exact) mass is 285 g/mol. The van der Waals surface area contributed by atoms with E-state index in [9.17, 15) is 9.59 Å². The van der Waals surface area contributed by atoms with Gasteiger partial charge in [-0.3, -0.25) is 14.6 Å². The lowest BCUT2D eigenvalue weighted by Gasteiger charge is -2.00. The third-order valence-corrected chi connectivity index (χ3v) is 1.49. The van der Waals surface area contributed by atoms with Gasteiger partial charge in [-0.25, -0.2) is 0 Å². The molecule has 6 nitrogen and oxygen atoms in total. The van der Waals surface area contributed by atoms with Crippen molar-refractivity contribution < 1.29 is 24.2 Å². The first-order chi connectivity index (χ1) is 9.38. The second kappa shape index (κ2) is 13.6. The molecule has 0 aromatic rings. The van der Waals surface area contributed by atoms with Crippen LogP contribution < -0.4 is 0 Å². The molecule has 0 aromatic carbocycles. The molecule has 114 valence electrons. The molecule has 0 heterocycles. The molecule has 0 amide bonds. The number of hydrogen-bond acceptors (Lipinski definition) is 6. The Labute approximate surface area is 119 Å². The first-order valence-corrected chi connectivity index (χ1v) is 6.04. The predicted molar refractivity (Wildman–Crippen MR) is 77.3 cm³/mol. The maximum absolute atomic E-state index is 11.3. The Hall–Kier alpha value is -1.79. The Morgan fingerprint density at radius 3 is 2.35 bits per heavy atom. The van der Waals surface area contributed by atoms with Crippen molar-refractivity contribution in [2.24, 2.45) is 10.9 Å². The molecule has 1 atom stereocenters. The standard InChI is InChI=1S/C10H13NO5.C4H10/c1-3-8(9(13)6-16-7-12)4-11-5-10(14)15-2;1-4(2)3/h3-5,7,10,14H,1,6H2,2H3;4H,1-3H3/b8-4+,11-5?;. The van der Waals surface area contributed by atoms with E-state index in [4.69, 9.17) is 5.11 Å². The smallest absolute Gasteiger partial charge is 0.293 e. The van der Waals surface area contributed by atoms with Crippen LogP contribution in [0.25, 0.3) is 0 Å². The van der Waals surface area contributed by atoms with Gasteiger partial charge in [0.2, 0.25) is 5.78 Å². The summed E-state index contributed by atoms with van der Waals surface area (Å²) in [4.78, 5) is 24.8. The van der Waals surface area contributed by atoms with Gasteiger partial charge in [0, 0.05) is 18.9 Å². The number of aliphatic hydroxyl groups is 1. The number of rotatable bonds is 8. The highest BCUT2D eigenvalue weighted by molar-refractivity contribution is 5.99. The van der Waals surface area contributed by atoms with Crippen molar-refractivity contribution in [3.05, 3.63) is 24.4 Å². The summed E-state index contributed by atoms with van der Waals surface area (Å²) in [6.07, 6.45) is 2.42. The molecule has 0 saturated carbocycles. The summed E-state index contributed by atoms with van der Waals surface area (Å²) in [6.45, 7) is 9.71. The van der Waals surface area contributed by atoms with Crippen LogP contribution in [0.2, 0.25) is 0 Å². The summed E-state index contributed by atoms with van der Waals surface area (Å²) >= 11 is 0. The quantitative estimate of drug-likeness (QED) is 0.240. The Morgan fingerprint density at radius 2 is 1.95 bits per heavy atom. The molecular weight excluding hydrogens is 262 g/mol. The Balaban J connectivity index is 0. The number of ketones is 1. The lowest BCUT2D eigenvalue weighted by molar-refractivity contribution is -0.134. The summed E-state index contributed by atoms with van der Waals surface area (Å²) in [5.74, 6) is 0.395. The Kier molecular flexibility index (Phi) is 14.0. The van der Waals surface area contributed by atoms with E-state index in [0.717, 1.165) is 12.1 Å². The molecule has 0 saturated heterocycles. The number of Topliss-reactive ketones (excluding diaryl/α,β-unsaturated/α-hetero) is 1. The van der Waals surface area contributed by atoms with Crippen LogP contribution in [0, 0.1) is 5.92 Å². The van der Waals surface area contributed by atoms with E-state index in [1.54, 1.807) is 0 Å². The van der Waals surface area contributed by atoms with Gasteiger partial charge in [-0.2, -0.15) is 0 Å². The van der Waals surface area contributed by atoms with Gasteiger partial charge in [-0.1, -0.05) is 33.4 Å². The third-order valence-electron chi connectivity index (χ3n) is 1.49. The first-order valence-electron chi connectivity index (χ1n) is 6.04. The molecule has 1 unspecified atom stereocenters. The number of allylic oxidation sites excluding steroid dienone is 1. The summed E-state index contributed by atoms with van der Waals surface area (Å²) < 4.78 is 8.77. The Morgan fingerprint density at radius 1 is 1.40 bits per heavy atom. The molecule has 20 heavy (non-hydrogen) atoms. The maximum atomic E-state index is 11.3. The number of ether oxygens (including phenoxy) is 2. The van der Waals surface area contributed by atoms with Crippen LogP contribution in [0.5, 0.6) is 0 Å². The molecule has 0 fully saturated rings. The summed E-state index contributed by atoms with van der Waals surface area (Å²) in [7, 11) is 1.30. The van der Waals surface area contributed by atoms with E-state index in [0.29, 0.717) is 0 Å². The zero-order valence-electron chi connectivity index (χ0n) is 12.4. The van der Waals surface area contributed by atoms with Crippen molar-refractivity contribution in [3.8, 4) is 0 Å². The molecule has 0 spiro atoms. The van der Waals surface area contributed by atoms with Gasteiger partial charge >= 0.3 is 0 Å². The average molecular weight is 285 g/mol. The van der Waals surface area contributed by atoms with Crippen LogP contribution in [-0.2, 0) is 19.1 Å². The van der Waals surface area contributed by atoms with Crippen LogP contribution in [0.1, 0.15) is 20.8 Å². The molecule has 0 radical (unpaired) electrons.